The maximum atomic E-state index is 11.4. The number of rotatable bonds is 8. The van der Waals surface area contributed by atoms with E-state index in [0.717, 1.165) is 0 Å². The van der Waals surface area contributed by atoms with Crippen LogP contribution in [0.15, 0.2) is 0 Å². The lowest BCUT2D eigenvalue weighted by molar-refractivity contribution is -0.167. The van der Waals surface area contributed by atoms with Crippen molar-refractivity contribution in [2.75, 3.05) is 0 Å². The van der Waals surface area contributed by atoms with Gasteiger partial charge in [0.1, 0.15) is 18.2 Å². The Kier molecular flexibility index (Phi) is 7.16. The Morgan fingerprint density at radius 3 is 2.16 bits per heavy atom. The predicted octanol–water partition coefficient (Wildman–Crippen LogP) is -3.60. The van der Waals surface area contributed by atoms with Gasteiger partial charge >= 0.3 is 5.97 Å². The minimum Gasteiger partial charge on any atom is -0.451 e. The van der Waals surface area contributed by atoms with Crippen molar-refractivity contribution in [3.8, 4) is 0 Å². The van der Waals surface area contributed by atoms with Gasteiger partial charge in [-0.15, -0.1) is 0 Å². The smallest absolute Gasteiger partial charge is 0.324 e. The molecule has 110 valence electrons. The van der Waals surface area contributed by atoms with Crippen molar-refractivity contribution >= 4 is 18.2 Å². The van der Waals surface area contributed by atoms with Crippen molar-refractivity contribution in [3.63, 3.8) is 0 Å². The Bertz CT molecular complexity index is 334. The summed E-state index contributed by atoms with van der Waals surface area (Å²) >= 11 is 0. The molecule has 0 aliphatic carbocycles. The highest BCUT2D eigenvalue weighted by Gasteiger charge is 2.33. The Balaban J connectivity index is 4.59. The lowest BCUT2D eigenvalue weighted by Crippen LogP contribution is -2.48. The van der Waals surface area contributed by atoms with Crippen LogP contribution in [0.1, 0.15) is 13.3 Å². The molecule has 0 rings (SSSR count). The van der Waals surface area contributed by atoms with Gasteiger partial charge in [0, 0.05) is 0 Å². The van der Waals surface area contributed by atoms with Crippen molar-refractivity contribution in [2.24, 2.45) is 11.5 Å². The number of amides is 1. The molecule has 19 heavy (non-hydrogen) atoms. The number of hydrogen-bond donors (Lipinski definition) is 5. The molecular formula is C10H18N2O7. The zero-order valence-corrected chi connectivity index (χ0v) is 10.3. The Morgan fingerprint density at radius 1 is 1.26 bits per heavy atom. The summed E-state index contributed by atoms with van der Waals surface area (Å²) in [6.07, 6.45) is -6.96. The number of carbonyl (C=O) groups excluding carboxylic acids is 3. The number of hydrogen-bond acceptors (Lipinski definition) is 8. The molecule has 0 saturated carbocycles. The first-order chi connectivity index (χ1) is 8.70. The average molecular weight is 278 g/mol. The molecule has 0 heterocycles. The highest BCUT2D eigenvalue weighted by molar-refractivity contribution is 5.85. The van der Waals surface area contributed by atoms with Gasteiger partial charge in [0.2, 0.25) is 5.91 Å². The zero-order chi connectivity index (χ0) is 15.2. The molecule has 0 radical (unpaired) electrons. The number of nitrogens with two attached hydrogens (primary N) is 2. The summed E-state index contributed by atoms with van der Waals surface area (Å²) in [5.41, 5.74) is 10.1. The summed E-state index contributed by atoms with van der Waals surface area (Å²) in [6, 6.07) is -1.38. The number of aliphatic hydroxyl groups is 3. The highest BCUT2D eigenvalue weighted by atomic mass is 16.6. The molecule has 0 unspecified atom stereocenters. The third kappa shape index (κ3) is 5.75. The summed E-state index contributed by atoms with van der Waals surface area (Å²) in [4.78, 5) is 32.6. The number of aliphatic hydroxyl groups excluding tert-OH is 3. The Labute approximate surface area is 109 Å². The van der Waals surface area contributed by atoms with Crippen molar-refractivity contribution < 1.29 is 34.4 Å². The lowest BCUT2D eigenvalue weighted by atomic mass is 10.0. The molecule has 0 aromatic carbocycles. The number of ether oxygens (including phenoxy) is 1. The van der Waals surface area contributed by atoms with Crippen molar-refractivity contribution in [1.82, 2.24) is 0 Å². The molecule has 0 aliphatic rings. The van der Waals surface area contributed by atoms with Gasteiger partial charge in [-0.2, -0.15) is 0 Å². The molecular weight excluding hydrogens is 260 g/mol. The molecule has 0 bridgehead atoms. The summed E-state index contributed by atoms with van der Waals surface area (Å²) in [7, 11) is 0. The van der Waals surface area contributed by atoms with Crippen molar-refractivity contribution in [3.05, 3.63) is 0 Å². The zero-order valence-electron chi connectivity index (χ0n) is 10.3. The maximum absolute atomic E-state index is 11.4. The third-order valence-electron chi connectivity index (χ3n) is 2.29. The summed E-state index contributed by atoms with van der Waals surface area (Å²) in [5.74, 6) is -1.97. The van der Waals surface area contributed by atoms with Crippen LogP contribution in [0.5, 0.6) is 0 Å². The van der Waals surface area contributed by atoms with Crippen molar-refractivity contribution in [2.45, 2.75) is 43.8 Å². The Morgan fingerprint density at radius 2 is 1.79 bits per heavy atom. The molecule has 0 spiro atoms. The standard InChI is InChI=1S/C10H18N2O7/c1-4(14)8(16)9(17)6(3-13)19-10(18)5(11)2-7(12)15/h3-6,8-9,14,16-17H,2,11H2,1H3,(H2,12,15)/t4-,5-,6+,8+,9-/m0/s1. The molecule has 9 nitrogen and oxygen atoms in total. The molecule has 9 heteroatoms. The van der Waals surface area contributed by atoms with Crippen LogP contribution < -0.4 is 11.5 Å². The minimum absolute atomic E-state index is 0.0746. The van der Waals surface area contributed by atoms with Gasteiger partial charge in [0.15, 0.2) is 12.4 Å². The van der Waals surface area contributed by atoms with Gasteiger partial charge in [0.05, 0.1) is 12.5 Å². The number of primary amides is 1. The SMILES string of the molecule is C[C@H](O)[C@@H](O)[C@@H](O)[C@@H](C=O)OC(=O)[C@@H](N)CC(N)=O. The number of aldehydes is 1. The van der Waals surface area contributed by atoms with Crippen LogP contribution in [0.2, 0.25) is 0 Å². The van der Waals surface area contributed by atoms with E-state index in [1.165, 1.54) is 6.92 Å². The fraction of sp³-hybridized carbons (Fsp3) is 0.700. The van der Waals surface area contributed by atoms with E-state index in [1.807, 2.05) is 0 Å². The van der Waals surface area contributed by atoms with Crippen LogP contribution in [0, 0.1) is 0 Å². The molecule has 0 aromatic rings. The predicted molar refractivity (Wildman–Crippen MR) is 61.4 cm³/mol. The third-order valence-corrected chi connectivity index (χ3v) is 2.29. The molecule has 0 saturated heterocycles. The largest absolute Gasteiger partial charge is 0.451 e. The first kappa shape index (κ1) is 17.4. The molecule has 5 atom stereocenters. The van der Waals surface area contributed by atoms with E-state index in [4.69, 9.17) is 16.6 Å². The Hall–Kier alpha value is -1.55. The summed E-state index contributed by atoms with van der Waals surface area (Å²) < 4.78 is 4.53. The summed E-state index contributed by atoms with van der Waals surface area (Å²) in [5, 5.41) is 27.9. The second-order valence-corrected chi connectivity index (χ2v) is 4.04. The molecule has 0 aromatic heterocycles. The number of carbonyl (C=O) groups is 3. The normalized spacial score (nSPS) is 18.8. The summed E-state index contributed by atoms with van der Waals surface area (Å²) in [6.45, 7) is 1.18. The van der Waals surface area contributed by atoms with Crippen LogP contribution in [0.4, 0.5) is 0 Å². The molecule has 1 amide bonds. The van der Waals surface area contributed by atoms with E-state index in [9.17, 15) is 24.6 Å². The van der Waals surface area contributed by atoms with Crippen LogP contribution in [-0.2, 0) is 19.1 Å². The van der Waals surface area contributed by atoms with Crippen molar-refractivity contribution in [1.29, 1.82) is 0 Å². The van der Waals surface area contributed by atoms with E-state index in [1.54, 1.807) is 0 Å². The van der Waals surface area contributed by atoms with Gasteiger partial charge in [-0.25, -0.2) is 0 Å². The molecule has 7 N–H and O–H groups in total. The second kappa shape index (κ2) is 7.79. The first-order valence-corrected chi connectivity index (χ1v) is 5.44. The monoisotopic (exact) mass is 278 g/mol. The fourth-order valence-electron chi connectivity index (χ4n) is 1.18. The second-order valence-electron chi connectivity index (χ2n) is 4.04. The van der Waals surface area contributed by atoms with E-state index in [2.05, 4.69) is 4.74 Å². The van der Waals surface area contributed by atoms with Crippen LogP contribution in [0.25, 0.3) is 0 Å². The lowest BCUT2D eigenvalue weighted by Gasteiger charge is -2.25. The average Bonchev–Trinajstić information content (AvgIpc) is 2.32. The highest BCUT2D eigenvalue weighted by Crippen LogP contribution is 2.08. The minimum atomic E-state index is -1.82. The molecule has 0 fully saturated rings. The van der Waals surface area contributed by atoms with E-state index >= 15 is 0 Å². The van der Waals surface area contributed by atoms with E-state index in [0.29, 0.717) is 0 Å². The fourth-order valence-corrected chi connectivity index (χ4v) is 1.18. The van der Waals surface area contributed by atoms with Crippen LogP contribution in [-0.4, -0.2) is 63.9 Å². The van der Waals surface area contributed by atoms with E-state index < -0.39 is 48.8 Å². The quantitative estimate of drug-likeness (QED) is 0.223. The van der Waals surface area contributed by atoms with Crippen LogP contribution >= 0.6 is 0 Å². The van der Waals surface area contributed by atoms with E-state index in [-0.39, 0.29) is 6.29 Å². The maximum Gasteiger partial charge on any atom is 0.324 e. The van der Waals surface area contributed by atoms with Gasteiger partial charge in [-0.3, -0.25) is 14.4 Å². The van der Waals surface area contributed by atoms with Gasteiger partial charge in [-0.1, -0.05) is 0 Å². The van der Waals surface area contributed by atoms with Gasteiger partial charge in [-0.05, 0) is 6.92 Å². The van der Waals surface area contributed by atoms with Gasteiger partial charge < -0.3 is 31.5 Å². The van der Waals surface area contributed by atoms with Gasteiger partial charge in [0.25, 0.3) is 0 Å². The molecule has 0 aliphatic heterocycles. The van der Waals surface area contributed by atoms with Crippen LogP contribution in [0.3, 0.4) is 0 Å². The number of esters is 1. The topological polar surface area (TPSA) is 173 Å². The first-order valence-electron chi connectivity index (χ1n) is 5.44.